The monoisotopic (exact) mass is 440 g/mol. The third-order valence-corrected chi connectivity index (χ3v) is 13.9. The molecule has 0 aromatic rings. The minimum absolute atomic E-state index is 0.136. The second-order valence-electron chi connectivity index (χ2n) is 15.4. The van der Waals surface area contributed by atoms with E-state index in [1.54, 1.807) is 0 Å². The summed E-state index contributed by atoms with van der Waals surface area (Å²) in [6.45, 7) is 18.6. The fourth-order valence-electron chi connectivity index (χ4n) is 11.8. The molecular formula is C30H48O2. The van der Waals surface area contributed by atoms with Gasteiger partial charge in [-0.2, -0.15) is 0 Å². The van der Waals surface area contributed by atoms with Crippen molar-refractivity contribution in [3.63, 3.8) is 0 Å². The molecule has 0 radical (unpaired) electrons. The maximum atomic E-state index is 12.9. The van der Waals surface area contributed by atoms with Crippen molar-refractivity contribution in [1.29, 1.82) is 0 Å². The van der Waals surface area contributed by atoms with Crippen molar-refractivity contribution in [1.82, 2.24) is 0 Å². The van der Waals surface area contributed by atoms with Crippen LogP contribution in [-0.4, -0.2) is 18.5 Å². The van der Waals surface area contributed by atoms with E-state index in [1.165, 1.54) is 51.4 Å². The average Bonchev–Trinajstić information content (AvgIpc) is 3.05. The quantitative estimate of drug-likeness (QED) is 0.391. The van der Waals surface area contributed by atoms with Crippen LogP contribution in [0.1, 0.15) is 113 Å². The topological polar surface area (TPSA) is 26.3 Å². The minimum Gasteiger partial charge on any atom is -0.377 e. The van der Waals surface area contributed by atoms with Gasteiger partial charge in [0.25, 0.3) is 0 Å². The van der Waals surface area contributed by atoms with Gasteiger partial charge in [-0.25, -0.2) is 0 Å². The van der Waals surface area contributed by atoms with Gasteiger partial charge in [0.05, 0.1) is 12.7 Å². The molecular weight excluding hydrogens is 392 g/mol. The van der Waals surface area contributed by atoms with E-state index in [1.807, 2.05) is 0 Å². The molecule has 1 aliphatic heterocycles. The summed E-state index contributed by atoms with van der Waals surface area (Å²) in [5.41, 5.74) is 1.83. The van der Waals surface area contributed by atoms with Crippen LogP contribution in [0.4, 0.5) is 0 Å². The Bertz CT molecular complexity index is 842. The molecule has 0 amide bonds. The zero-order valence-electron chi connectivity index (χ0n) is 22.0. The molecule has 0 aromatic heterocycles. The lowest BCUT2D eigenvalue weighted by Crippen LogP contribution is -2.67. The molecule has 1 saturated heterocycles. The maximum Gasteiger partial charge on any atom is 0.138 e. The van der Waals surface area contributed by atoms with Gasteiger partial charge in [0.2, 0.25) is 0 Å². The normalized spacial score (nSPS) is 57.7. The Hall–Kier alpha value is -0.370. The van der Waals surface area contributed by atoms with Crippen molar-refractivity contribution in [2.24, 2.45) is 56.2 Å². The highest BCUT2D eigenvalue weighted by Crippen LogP contribution is 2.77. The fourth-order valence-corrected chi connectivity index (χ4v) is 11.8. The number of rotatable bonds is 0. The summed E-state index contributed by atoms with van der Waals surface area (Å²) in [7, 11) is 0. The average molecular weight is 441 g/mol. The van der Waals surface area contributed by atoms with Crippen LogP contribution in [-0.2, 0) is 9.53 Å². The van der Waals surface area contributed by atoms with Crippen molar-refractivity contribution >= 4 is 5.78 Å². The van der Waals surface area contributed by atoms with E-state index < -0.39 is 0 Å². The summed E-state index contributed by atoms with van der Waals surface area (Å²) >= 11 is 0. The molecule has 0 aromatic carbocycles. The molecule has 6 aliphatic rings. The van der Waals surface area contributed by atoms with Gasteiger partial charge >= 0.3 is 0 Å². The van der Waals surface area contributed by atoms with Crippen LogP contribution in [0.3, 0.4) is 0 Å². The molecule has 0 spiro atoms. The van der Waals surface area contributed by atoms with E-state index in [2.05, 4.69) is 48.5 Å². The first kappa shape index (κ1) is 22.1. The molecule has 5 aliphatic carbocycles. The molecule has 32 heavy (non-hydrogen) atoms. The van der Waals surface area contributed by atoms with Gasteiger partial charge in [0.1, 0.15) is 5.78 Å². The van der Waals surface area contributed by atoms with Crippen molar-refractivity contribution in [3.8, 4) is 0 Å². The van der Waals surface area contributed by atoms with E-state index in [9.17, 15) is 4.79 Å². The molecule has 6 fully saturated rings. The van der Waals surface area contributed by atoms with Crippen LogP contribution in [0.15, 0.2) is 0 Å². The molecule has 0 N–H and O–H groups in total. The van der Waals surface area contributed by atoms with Gasteiger partial charge in [0, 0.05) is 11.8 Å². The van der Waals surface area contributed by atoms with Crippen LogP contribution in [0.5, 0.6) is 0 Å². The predicted molar refractivity (Wildman–Crippen MR) is 129 cm³/mol. The summed E-state index contributed by atoms with van der Waals surface area (Å²) in [5.74, 6) is 3.46. The molecule has 6 rings (SSSR count). The predicted octanol–water partition coefficient (Wildman–Crippen LogP) is 7.45. The Morgan fingerprint density at radius 3 is 2.22 bits per heavy atom. The van der Waals surface area contributed by atoms with Crippen LogP contribution in [0.2, 0.25) is 0 Å². The smallest absolute Gasteiger partial charge is 0.138 e. The summed E-state index contributed by atoms with van der Waals surface area (Å²) < 4.78 is 6.70. The van der Waals surface area contributed by atoms with Gasteiger partial charge in [-0.15, -0.1) is 0 Å². The molecule has 2 nitrogen and oxygen atoms in total. The van der Waals surface area contributed by atoms with Crippen molar-refractivity contribution in [3.05, 3.63) is 0 Å². The Labute approximate surface area is 197 Å². The van der Waals surface area contributed by atoms with Crippen LogP contribution >= 0.6 is 0 Å². The van der Waals surface area contributed by atoms with Crippen molar-refractivity contribution in [2.75, 3.05) is 6.61 Å². The summed E-state index contributed by atoms with van der Waals surface area (Å²) in [6.07, 6.45) is 13.3. The first-order valence-corrected chi connectivity index (χ1v) is 14.0. The number of ether oxygens (including phenoxy) is 1. The first-order valence-electron chi connectivity index (χ1n) is 14.0. The number of hydrogen-bond acceptors (Lipinski definition) is 2. The molecule has 180 valence electrons. The Kier molecular flexibility index (Phi) is 4.31. The zero-order chi connectivity index (χ0) is 22.9. The van der Waals surface area contributed by atoms with Gasteiger partial charge in [-0.3, -0.25) is 4.79 Å². The lowest BCUT2D eigenvalue weighted by Gasteiger charge is -2.72. The van der Waals surface area contributed by atoms with Gasteiger partial charge in [-0.05, 0) is 109 Å². The number of carbonyl (C=O) groups is 1. The number of hydrogen-bond donors (Lipinski definition) is 0. The summed E-state index contributed by atoms with van der Waals surface area (Å²) in [4.78, 5) is 12.9. The lowest BCUT2D eigenvalue weighted by molar-refractivity contribution is -0.239. The molecule has 0 unspecified atom stereocenters. The largest absolute Gasteiger partial charge is 0.377 e. The van der Waals surface area contributed by atoms with Crippen molar-refractivity contribution < 1.29 is 9.53 Å². The third kappa shape index (κ3) is 2.35. The van der Waals surface area contributed by atoms with Crippen LogP contribution in [0, 0.1) is 56.2 Å². The van der Waals surface area contributed by atoms with E-state index in [0.29, 0.717) is 44.9 Å². The summed E-state index contributed by atoms with van der Waals surface area (Å²) in [5, 5.41) is 0. The molecule has 2 bridgehead atoms. The number of fused-ring (bicyclic) bond motifs is 5. The summed E-state index contributed by atoms with van der Waals surface area (Å²) in [6, 6.07) is 0. The van der Waals surface area contributed by atoms with E-state index >= 15 is 0 Å². The van der Waals surface area contributed by atoms with Crippen LogP contribution in [0.25, 0.3) is 0 Å². The highest BCUT2D eigenvalue weighted by atomic mass is 16.5. The van der Waals surface area contributed by atoms with Crippen molar-refractivity contribution in [2.45, 2.75) is 119 Å². The fraction of sp³-hybridized carbons (Fsp3) is 0.967. The first-order chi connectivity index (χ1) is 14.8. The maximum absolute atomic E-state index is 12.9. The minimum atomic E-state index is -0.136. The Morgan fingerprint density at radius 2 is 1.47 bits per heavy atom. The lowest BCUT2D eigenvalue weighted by atomic mass is 9.31. The second-order valence-corrected chi connectivity index (χ2v) is 15.4. The standard InChI is InChI=1S/C30H48O2/c1-25(2)14-16-30-17-15-28(6)19(23(30)24(25)32-18-30)8-9-21-27(5)12-11-22(31)26(3,4)20(27)10-13-29(21,28)7/h19-21,23-24H,8-18H2,1-7H3/t19-,20+,21-,23-,24-,27-,28-,29-,30+/m1/s1. The van der Waals surface area contributed by atoms with Gasteiger partial charge in [-0.1, -0.05) is 48.5 Å². The second kappa shape index (κ2) is 6.24. The highest BCUT2D eigenvalue weighted by Gasteiger charge is 2.72. The molecule has 2 heteroatoms. The number of ketones is 1. The Morgan fingerprint density at radius 1 is 0.750 bits per heavy atom. The Balaban J connectivity index is 1.40. The highest BCUT2D eigenvalue weighted by molar-refractivity contribution is 5.85. The zero-order valence-corrected chi connectivity index (χ0v) is 22.0. The molecule has 1 heterocycles. The van der Waals surface area contributed by atoms with E-state index in [4.69, 9.17) is 4.74 Å². The van der Waals surface area contributed by atoms with Gasteiger partial charge < -0.3 is 4.74 Å². The molecule has 5 saturated carbocycles. The van der Waals surface area contributed by atoms with E-state index in [-0.39, 0.29) is 5.41 Å². The SMILES string of the molecule is CC1(C)CC[C@@]23CC[C@]4(C)[C@H](CC[C@@H]5[C@]6(C)CCC(=O)C(C)(C)[C@@H]6CC[C@]54C)[C@@H]2[C@H]1OC3. The number of carbonyl (C=O) groups excluding carboxylic acids is 1. The van der Waals surface area contributed by atoms with Crippen LogP contribution < -0.4 is 0 Å². The van der Waals surface area contributed by atoms with E-state index in [0.717, 1.165) is 37.2 Å². The van der Waals surface area contributed by atoms with Gasteiger partial charge in [0.15, 0.2) is 0 Å². The molecule has 9 atom stereocenters. The third-order valence-electron chi connectivity index (χ3n) is 13.9. The number of Topliss-reactive ketones (excluding diaryl/α,β-unsaturated/α-hetero) is 1.